The molecule has 3 unspecified atom stereocenters. The monoisotopic (exact) mass is 388 g/mol. The predicted molar refractivity (Wildman–Crippen MR) is 91.4 cm³/mol. The smallest absolute Gasteiger partial charge is 0.300 e. The summed E-state index contributed by atoms with van der Waals surface area (Å²) in [6.45, 7) is 0. The molecule has 1 amide bonds. The van der Waals surface area contributed by atoms with E-state index < -0.39 is 11.1 Å². The molecule has 4 aliphatic rings. The van der Waals surface area contributed by atoms with Gasteiger partial charge in [-0.1, -0.05) is 33.2 Å². The lowest BCUT2D eigenvalue weighted by Gasteiger charge is -2.41. The third-order valence-electron chi connectivity index (χ3n) is 4.06. The van der Waals surface area contributed by atoms with Gasteiger partial charge in [-0.2, -0.15) is 5.06 Å². The lowest BCUT2D eigenvalue weighted by atomic mass is 10.0. The first-order valence-corrected chi connectivity index (χ1v) is 9.61. The minimum absolute atomic E-state index is 0.288. The number of amides is 1. The number of benzene rings is 1. The SMILES string of the molecule is COC1=NC2SSC3c4cc(Cl)c(OC)cc4OC13N(OC)C2=O. The van der Waals surface area contributed by atoms with Crippen LogP contribution in [0.2, 0.25) is 5.02 Å². The summed E-state index contributed by atoms with van der Waals surface area (Å²) in [7, 11) is 7.28. The Kier molecular flexibility index (Phi) is 3.79. The van der Waals surface area contributed by atoms with Crippen molar-refractivity contribution < 1.29 is 23.8 Å². The van der Waals surface area contributed by atoms with E-state index in [4.69, 9.17) is 30.6 Å². The molecule has 1 saturated heterocycles. The van der Waals surface area contributed by atoms with Gasteiger partial charge in [0.15, 0.2) is 5.37 Å². The van der Waals surface area contributed by atoms with Crippen LogP contribution >= 0.6 is 33.2 Å². The molecule has 0 radical (unpaired) electrons. The summed E-state index contributed by atoms with van der Waals surface area (Å²) in [6, 6.07) is 3.48. The molecule has 0 aliphatic carbocycles. The van der Waals surface area contributed by atoms with E-state index in [1.165, 1.54) is 48.0 Å². The molecular weight excluding hydrogens is 376 g/mol. The largest absolute Gasteiger partial charge is 0.495 e. The zero-order valence-corrected chi connectivity index (χ0v) is 15.3. The van der Waals surface area contributed by atoms with Crippen LogP contribution in [0.25, 0.3) is 0 Å². The first-order chi connectivity index (χ1) is 11.6. The zero-order chi connectivity index (χ0) is 17.1. The Labute approximate surface area is 151 Å². The zero-order valence-electron chi connectivity index (χ0n) is 12.9. The van der Waals surface area contributed by atoms with Crippen LogP contribution in [0.15, 0.2) is 17.1 Å². The van der Waals surface area contributed by atoms with Gasteiger partial charge in [0.2, 0.25) is 0 Å². The van der Waals surface area contributed by atoms with Crippen LogP contribution in [0.3, 0.4) is 0 Å². The first kappa shape index (κ1) is 16.2. The molecule has 2 bridgehead atoms. The van der Waals surface area contributed by atoms with E-state index in [-0.39, 0.29) is 11.2 Å². The number of carbonyl (C=O) groups excluding carboxylic acids is 1. The maximum Gasteiger partial charge on any atom is 0.300 e. The van der Waals surface area contributed by atoms with Crippen molar-refractivity contribution in [1.29, 1.82) is 0 Å². The molecule has 1 fully saturated rings. The topological polar surface area (TPSA) is 69.6 Å². The Bertz CT molecular complexity index is 761. The number of carbonyl (C=O) groups is 1. The molecule has 1 aromatic carbocycles. The predicted octanol–water partition coefficient (Wildman–Crippen LogP) is 2.65. The Morgan fingerprint density at radius 1 is 1.29 bits per heavy atom. The molecule has 7 nitrogen and oxygen atoms in total. The second-order valence-corrected chi connectivity index (χ2v) is 8.07. The highest BCUT2D eigenvalue weighted by Crippen LogP contribution is 2.62. The van der Waals surface area contributed by atoms with Crippen molar-refractivity contribution >= 4 is 45.0 Å². The Hall–Kier alpha value is -1.29. The van der Waals surface area contributed by atoms with Crippen LogP contribution in [-0.2, 0) is 14.4 Å². The second kappa shape index (κ2) is 5.62. The van der Waals surface area contributed by atoms with Gasteiger partial charge >= 0.3 is 5.72 Å². The number of nitrogens with zero attached hydrogens (tertiary/aromatic N) is 2. The summed E-state index contributed by atoms with van der Waals surface area (Å²) in [6.07, 6.45) is 0. The molecule has 1 aromatic rings. The number of aliphatic imine (C=N–C) groups is 1. The van der Waals surface area contributed by atoms with Gasteiger partial charge in [0.25, 0.3) is 11.8 Å². The summed E-state index contributed by atoms with van der Waals surface area (Å²) in [5.41, 5.74) is -0.469. The summed E-state index contributed by atoms with van der Waals surface area (Å²) in [4.78, 5) is 22.4. The van der Waals surface area contributed by atoms with E-state index in [1.807, 2.05) is 0 Å². The van der Waals surface area contributed by atoms with Gasteiger partial charge < -0.3 is 14.2 Å². The Morgan fingerprint density at radius 3 is 2.75 bits per heavy atom. The molecular formula is C14H13ClN2O5S2. The molecule has 5 rings (SSSR count). The molecule has 0 aromatic heterocycles. The van der Waals surface area contributed by atoms with Crippen LogP contribution in [-0.4, -0.2) is 49.3 Å². The van der Waals surface area contributed by atoms with Gasteiger partial charge in [0.05, 0.1) is 26.4 Å². The molecule has 0 saturated carbocycles. The normalized spacial score (nSPS) is 30.2. The van der Waals surface area contributed by atoms with E-state index in [0.29, 0.717) is 22.4 Å². The minimum atomic E-state index is -1.30. The lowest BCUT2D eigenvalue weighted by molar-refractivity contribution is -0.235. The number of halogens is 1. The van der Waals surface area contributed by atoms with Crippen LogP contribution in [0.5, 0.6) is 11.5 Å². The summed E-state index contributed by atoms with van der Waals surface area (Å²) in [5, 5.41) is 0.729. The number of ether oxygens (including phenoxy) is 3. The fourth-order valence-corrected chi connectivity index (χ4v) is 6.23. The molecule has 4 heterocycles. The fraction of sp³-hybridized carbons (Fsp3) is 0.429. The molecule has 4 aliphatic heterocycles. The average molecular weight is 389 g/mol. The highest BCUT2D eigenvalue weighted by atomic mass is 35.5. The minimum Gasteiger partial charge on any atom is -0.495 e. The molecule has 128 valence electrons. The summed E-state index contributed by atoms with van der Waals surface area (Å²) < 4.78 is 16.9. The average Bonchev–Trinajstić information content (AvgIpc) is 2.72. The van der Waals surface area contributed by atoms with Gasteiger partial charge in [-0.15, -0.1) is 0 Å². The third-order valence-corrected chi connectivity index (χ3v) is 7.18. The van der Waals surface area contributed by atoms with Gasteiger partial charge in [-0.05, 0) is 6.07 Å². The number of fused-ring (bicyclic) bond motifs is 3. The second-order valence-electron chi connectivity index (χ2n) is 5.20. The maximum atomic E-state index is 12.7. The van der Waals surface area contributed by atoms with Gasteiger partial charge in [0.1, 0.15) is 16.7 Å². The lowest BCUT2D eigenvalue weighted by Crippen LogP contribution is -2.64. The van der Waals surface area contributed by atoms with Crippen molar-refractivity contribution in [1.82, 2.24) is 5.06 Å². The number of methoxy groups -OCH3 is 2. The van der Waals surface area contributed by atoms with Gasteiger partial charge in [-0.3, -0.25) is 9.63 Å². The Morgan fingerprint density at radius 2 is 2.08 bits per heavy atom. The van der Waals surface area contributed by atoms with E-state index in [0.717, 1.165) is 5.56 Å². The Balaban J connectivity index is 1.93. The maximum absolute atomic E-state index is 12.7. The van der Waals surface area contributed by atoms with Crippen LogP contribution in [0, 0.1) is 0 Å². The standard InChI is InChI=1S/C14H13ClN2O5S2/c1-19-9-5-8-6(4-7(9)15)10-14(22-8)13(20-2)16-11(24-23-10)12(18)17(14)21-3/h4-5,10-11H,1-3H3. The molecule has 1 spiro atoms. The number of hydroxylamine groups is 2. The van der Waals surface area contributed by atoms with Crippen molar-refractivity contribution in [3.8, 4) is 11.5 Å². The van der Waals surface area contributed by atoms with Crippen molar-refractivity contribution in [3.63, 3.8) is 0 Å². The number of hydrogen-bond acceptors (Lipinski definition) is 8. The molecule has 3 atom stereocenters. The molecule has 10 heteroatoms. The molecule has 24 heavy (non-hydrogen) atoms. The van der Waals surface area contributed by atoms with Crippen molar-refractivity contribution in [3.05, 3.63) is 22.7 Å². The van der Waals surface area contributed by atoms with Crippen LogP contribution in [0.1, 0.15) is 10.8 Å². The van der Waals surface area contributed by atoms with Crippen LogP contribution in [0.4, 0.5) is 0 Å². The van der Waals surface area contributed by atoms with Gasteiger partial charge in [0, 0.05) is 11.6 Å². The quantitative estimate of drug-likeness (QED) is 0.721. The van der Waals surface area contributed by atoms with E-state index >= 15 is 0 Å². The highest BCUT2D eigenvalue weighted by Gasteiger charge is 2.66. The van der Waals surface area contributed by atoms with E-state index in [9.17, 15) is 4.79 Å². The van der Waals surface area contributed by atoms with E-state index in [2.05, 4.69) is 4.99 Å². The third kappa shape index (κ3) is 1.92. The number of hydrogen-bond donors (Lipinski definition) is 0. The van der Waals surface area contributed by atoms with Crippen molar-refractivity contribution in [2.75, 3.05) is 21.3 Å². The van der Waals surface area contributed by atoms with E-state index in [1.54, 1.807) is 12.1 Å². The van der Waals surface area contributed by atoms with Crippen LogP contribution < -0.4 is 9.47 Å². The summed E-state index contributed by atoms with van der Waals surface area (Å²) in [5.74, 6) is 1.04. The van der Waals surface area contributed by atoms with Crippen molar-refractivity contribution in [2.24, 2.45) is 4.99 Å². The fourth-order valence-electron chi connectivity index (χ4n) is 3.05. The molecule has 0 N–H and O–H groups in total. The number of rotatable bonds is 2. The van der Waals surface area contributed by atoms with Crippen molar-refractivity contribution in [2.45, 2.75) is 16.3 Å². The first-order valence-electron chi connectivity index (χ1n) is 6.95. The van der Waals surface area contributed by atoms with Gasteiger partial charge in [-0.25, -0.2) is 4.99 Å². The highest BCUT2D eigenvalue weighted by molar-refractivity contribution is 8.77. The summed E-state index contributed by atoms with van der Waals surface area (Å²) >= 11 is 6.28.